The van der Waals surface area contributed by atoms with Crippen molar-refractivity contribution in [2.24, 2.45) is 17.8 Å². The molecule has 2 atom stereocenters. The van der Waals surface area contributed by atoms with Crippen LogP contribution in [0.25, 0.3) is 11.1 Å². The van der Waals surface area contributed by atoms with E-state index in [4.69, 9.17) is 0 Å². The maximum atomic E-state index is 12.5. The minimum Gasteiger partial charge on any atom is -0.325 e. The van der Waals surface area contributed by atoms with Crippen LogP contribution in [0.3, 0.4) is 0 Å². The second kappa shape index (κ2) is 5.03. The first-order chi connectivity index (χ1) is 10.3. The normalized spacial score (nSPS) is 26.2. The number of carbonyl (C=O) groups excluding carboxylic acids is 1. The summed E-state index contributed by atoms with van der Waals surface area (Å²) in [5, 5.41) is 3.15. The monoisotopic (exact) mass is 277 g/mol. The van der Waals surface area contributed by atoms with Gasteiger partial charge in [0.1, 0.15) is 0 Å². The molecule has 0 aliphatic heterocycles. The highest BCUT2D eigenvalue weighted by molar-refractivity contribution is 5.97. The van der Waals surface area contributed by atoms with Crippen molar-refractivity contribution in [3.05, 3.63) is 54.6 Å². The van der Waals surface area contributed by atoms with Gasteiger partial charge >= 0.3 is 0 Å². The molecule has 21 heavy (non-hydrogen) atoms. The summed E-state index contributed by atoms with van der Waals surface area (Å²) in [6, 6.07) is 18.3. The van der Waals surface area contributed by atoms with E-state index in [0.29, 0.717) is 0 Å². The maximum Gasteiger partial charge on any atom is 0.227 e. The number of benzene rings is 2. The Bertz CT molecular complexity index is 654. The Hall–Kier alpha value is -2.09. The molecule has 0 heterocycles. The lowest BCUT2D eigenvalue weighted by atomic mass is 10.0. The summed E-state index contributed by atoms with van der Waals surface area (Å²) in [7, 11) is 0. The first-order valence-corrected chi connectivity index (χ1v) is 7.76. The van der Waals surface area contributed by atoms with Gasteiger partial charge in [-0.2, -0.15) is 0 Å². The molecule has 2 aromatic rings. The third kappa shape index (κ3) is 2.46. The average molecular weight is 277 g/mol. The number of amides is 1. The van der Waals surface area contributed by atoms with Gasteiger partial charge in [0.2, 0.25) is 5.91 Å². The molecule has 2 heteroatoms. The van der Waals surface area contributed by atoms with Gasteiger partial charge in [-0.3, -0.25) is 4.79 Å². The van der Waals surface area contributed by atoms with Crippen molar-refractivity contribution in [3.63, 3.8) is 0 Å². The number of carbonyl (C=O) groups is 1. The van der Waals surface area contributed by atoms with Crippen LogP contribution in [0.4, 0.5) is 5.69 Å². The average Bonchev–Trinajstić information content (AvgIpc) is 3.14. The number of hydrogen-bond acceptors (Lipinski definition) is 1. The minimum absolute atomic E-state index is 0.200. The second-order valence-corrected chi connectivity index (χ2v) is 6.33. The van der Waals surface area contributed by atoms with E-state index in [1.54, 1.807) is 0 Å². The van der Waals surface area contributed by atoms with Crippen molar-refractivity contribution in [3.8, 4) is 11.1 Å². The van der Waals surface area contributed by atoms with Crippen LogP contribution in [0.1, 0.15) is 19.3 Å². The summed E-state index contributed by atoms with van der Waals surface area (Å²) in [4.78, 5) is 12.5. The van der Waals surface area contributed by atoms with Crippen LogP contribution in [0, 0.1) is 17.8 Å². The zero-order valence-electron chi connectivity index (χ0n) is 12.0. The topological polar surface area (TPSA) is 29.1 Å². The van der Waals surface area contributed by atoms with E-state index in [2.05, 4.69) is 23.5 Å². The highest BCUT2D eigenvalue weighted by atomic mass is 16.1. The molecule has 0 aromatic heterocycles. The van der Waals surface area contributed by atoms with Crippen LogP contribution in [0.2, 0.25) is 0 Å². The fraction of sp³-hybridized carbons (Fsp3) is 0.316. The number of para-hydroxylation sites is 1. The Morgan fingerprint density at radius 2 is 1.52 bits per heavy atom. The third-order valence-corrected chi connectivity index (χ3v) is 4.88. The molecule has 106 valence electrons. The van der Waals surface area contributed by atoms with Crippen LogP contribution in [0.15, 0.2) is 54.6 Å². The molecule has 2 saturated carbocycles. The molecule has 2 aliphatic carbocycles. The smallest absolute Gasteiger partial charge is 0.227 e. The fourth-order valence-electron chi connectivity index (χ4n) is 3.63. The van der Waals surface area contributed by atoms with Crippen molar-refractivity contribution in [2.45, 2.75) is 19.3 Å². The molecule has 2 aromatic carbocycles. The molecular weight excluding hydrogens is 258 g/mol. The van der Waals surface area contributed by atoms with Gasteiger partial charge in [0.25, 0.3) is 0 Å². The van der Waals surface area contributed by atoms with Gasteiger partial charge in [-0.25, -0.2) is 0 Å². The zero-order chi connectivity index (χ0) is 14.2. The molecule has 2 aliphatic rings. The van der Waals surface area contributed by atoms with E-state index in [1.165, 1.54) is 6.42 Å². The number of anilines is 1. The van der Waals surface area contributed by atoms with Crippen molar-refractivity contribution in [2.75, 3.05) is 5.32 Å². The largest absolute Gasteiger partial charge is 0.325 e. The van der Waals surface area contributed by atoms with E-state index in [0.717, 1.165) is 41.5 Å². The third-order valence-electron chi connectivity index (χ3n) is 4.88. The number of nitrogens with one attached hydrogen (secondary N) is 1. The predicted octanol–water partition coefficient (Wildman–Crippen LogP) is 4.34. The summed E-state index contributed by atoms with van der Waals surface area (Å²) in [5.74, 6) is 2.10. The van der Waals surface area contributed by atoms with Crippen molar-refractivity contribution < 1.29 is 4.79 Å². The second-order valence-electron chi connectivity index (χ2n) is 6.33. The Morgan fingerprint density at radius 1 is 0.857 bits per heavy atom. The summed E-state index contributed by atoms with van der Waals surface area (Å²) < 4.78 is 0. The number of fused-ring (bicyclic) bond motifs is 1. The van der Waals surface area contributed by atoms with Crippen LogP contribution in [-0.4, -0.2) is 5.91 Å². The van der Waals surface area contributed by atoms with E-state index < -0.39 is 0 Å². The van der Waals surface area contributed by atoms with Gasteiger partial charge in [0, 0.05) is 17.2 Å². The number of rotatable bonds is 3. The van der Waals surface area contributed by atoms with Gasteiger partial charge in [0.15, 0.2) is 0 Å². The van der Waals surface area contributed by atoms with Gasteiger partial charge < -0.3 is 5.32 Å². The van der Waals surface area contributed by atoms with E-state index in [1.807, 2.05) is 36.4 Å². The molecule has 2 unspecified atom stereocenters. The molecule has 4 rings (SSSR count). The molecular formula is C19H19NO. The van der Waals surface area contributed by atoms with Crippen molar-refractivity contribution in [1.82, 2.24) is 0 Å². The van der Waals surface area contributed by atoms with Gasteiger partial charge in [-0.05, 0) is 42.7 Å². The van der Waals surface area contributed by atoms with Crippen molar-refractivity contribution in [1.29, 1.82) is 0 Å². The van der Waals surface area contributed by atoms with E-state index in [9.17, 15) is 4.79 Å². The predicted molar refractivity (Wildman–Crippen MR) is 84.8 cm³/mol. The summed E-state index contributed by atoms with van der Waals surface area (Å²) in [5.41, 5.74) is 3.16. The lowest BCUT2D eigenvalue weighted by molar-refractivity contribution is -0.120. The van der Waals surface area contributed by atoms with Gasteiger partial charge in [-0.15, -0.1) is 0 Å². The fourth-order valence-corrected chi connectivity index (χ4v) is 3.63. The Kier molecular flexibility index (Phi) is 3.03. The van der Waals surface area contributed by atoms with Crippen molar-refractivity contribution >= 4 is 11.6 Å². The summed E-state index contributed by atoms with van der Waals surface area (Å²) >= 11 is 0. The zero-order valence-corrected chi connectivity index (χ0v) is 12.0. The van der Waals surface area contributed by atoms with Gasteiger partial charge in [0.05, 0.1) is 0 Å². The highest BCUT2D eigenvalue weighted by Gasteiger charge is 2.48. The Morgan fingerprint density at radius 3 is 2.29 bits per heavy atom. The molecule has 0 spiro atoms. The Labute approximate surface area is 125 Å². The maximum absolute atomic E-state index is 12.5. The molecule has 0 radical (unpaired) electrons. The van der Waals surface area contributed by atoms with Crippen LogP contribution < -0.4 is 5.32 Å². The SMILES string of the molecule is O=C(Nc1ccccc1-c1ccccc1)C1CC2CC2C1. The first-order valence-electron chi connectivity index (χ1n) is 7.76. The van der Waals surface area contributed by atoms with Crippen LogP contribution in [0.5, 0.6) is 0 Å². The number of hydrogen-bond donors (Lipinski definition) is 1. The van der Waals surface area contributed by atoms with Crippen LogP contribution in [-0.2, 0) is 4.79 Å². The summed E-state index contributed by atoms with van der Waals surface area (Å²) in [6.45, 7) is 0. The molecule has 0 saturated heterocycles. The molecule has 0 bridgehead atoms. The molecule has 1 amide bonds. The quantitative estimate of drug-likeness (QED) is 0.888. The van der Waals surface area contributed by atoms with E-state index >= 15 is 0 Å². The molecule has 2 fully saturated rings. The first kappa shape index (κ1) is 12.6. The standard InChI is InChI=1S/C19H19NO/c21-19(16-11-14-10-15(14)12-16)20-18-9-5-4-8-17(18)13-6-2-1-3-7-13/h1-9,14-16H,10-12H2,(H,20,21). The molecule has 2 nitrogen and oxygen atoms in total. The van der Waals surface area contributed by atoms with E-state index in [-0.39, 0.29) is 11.8 Å². The lowest BCUT2D eigenvalue weighted by Crippen LogP contribution is -2.21. The highest BCUT2D eigenvalue weighted by Crippen LogP contribution is 2.54. The summed E-state index contributed by atoms with van der Waals surface area (Å²) in [6.07, 6.45) is 3.53. The molecule has 1 N–H and O–H groups in total. The Balaban J connectivity index is 1.56. The van der Waals surface area contributed by atoms with Gasteiger partial charge in [-0.1, -0.05) is 48.5 Å². The minimum atomic E-state index is 0.200. The lowest BCUT2D eigenvalue weighted by Gasteiger charge is -2.15. The van der Waals surface area contributed by atoms with Crippen LogP contribution >= 0.6 is 0 Å².